The predicted octanol–water partition coefficient (Wildman–Crippen LogP) is 3.83. The summed E-state index contributed by atoms with van der Waals surface area (Å²) in [5.41, 5.74) is 2.42. The van der Waals surface area contributed by atoms with Gasteiger partial charge in [-0.2, -0.15) is 0 Å². The van der Waals surface area contributed by atoms with E-state index in [2.05, 4.69) is 34.1 Å². The number of aromatic nitrogens is 1. The van der Waals surface area contributed by atoms with E-state index in [1.165, 1.54) is 17.4 Å². The maximum Gasteiger partial charge on any atom is 0.222 e. The first-order valence-electron chi connectivity index (χ1n) is 9.98. The van der Waals surface area contributed by atoms with Gasteiger partial charge in [-0.1, -0.05) is 24.3 Å². The molecule has 0 saturated carbocycles. The number of piperidine rings is 1. The molecule has 2 aliphatic heterocycles. The molecule has 0 radical (unpaired) electrons. The highest BCUT2D eigenvalue weighted by Gasteiger charge is 2.26. The first kappa shape index (κ1) is 17.5. The zero-order valence-corrected chi connectivity index (χ0v) is 15.4. The smallest absolute Gasteiger partial charge is 0.222 e. The molecular weight excluding hydrogens is 324 g/mol. The van der Waals surface area contributed by atoms with Gasteiger partial charge >= 0.3 is 0 Å². The maximum absolute atomic E-state index is 12.7. The van der Waals surface area contributed by atoms with Crippen LogP contribution in [0.5, 0.6) is 0 Å². The van der Waals surface area contributed by atoms with Gasteiger partial charge in [-0.3, -0.25) is 9.78 Å². The molecule has 1 atom stereocenters. The van der Waals surface area contributed by atoms with Crippen LogP contribution in [0.3, 0.4) is 0 Å². The largest absolute Gasteiger partial charge is 0.381 e. The fraction of sp³-hybridized carbons (Fsp3) is 0.545. The monoisotopic (exact) mass is 352 g/mol. The zero-order chi connectivity index (χ0) is 17.8. The topological polar surface area (TPSA) is 42.4 Å². The van der Waals surface area contributed by atoms with Crippen molar-refractivity contribution in [3.63, 3.8) is 0 Å². The summed E-state index contributed by atoms with van der Waals surface area (Å²) in [7, 11) is 0. The molecule has 26 heavy (non-hydrogen) atoms. The van der Waals surface area contributed by atoms with Crippen LogP contribution in [-0.2, 0) is 16.0 Å². The highest BCUT2D eigenvalue weighted by atomic mass is 16.5. The first-order valence-corrected chi connectivity index (χ1v) is 9.98. The Morgan fingerprint density at radius 2 is 1.96 bits per heavy atom. The molecule has 2 aromatic rings. The van der Waals surface area contributed by atoms with Crippen molar-refractivity contribution in [1.29, 1.82) is 0 Å². The Kier molecular flexibility index (Phi) is 5.49. The van der Waals surface area contributed by atoms with Crippen molar-refractivity contribution in [1.82, 2.24) is 9.88 Å². The van der Waals surface area contributed by atoms with E-state index >= 15 is 0 Å². The molecule has 2 saturated heterocycles. The number of amides is 1. The number of carbonyl (C=O) groups is 1. The number of nitrogens with zero attached hydrogens (tertiary/aromatic N) is 2. The molecule has 2 aliphatic rings. The third-order valence-corrected chi connectivity index (χ3v) is 5.90. The van der Waals surface area contributed by atoms with E-state index in [4.69, 9.17) is 4.74 Å². The van der Waals surface area contributed by atoms with Crippen LogP contribution in [-0.4, -0.2) is 42.1 Å². The lowest BCUT2D eigenvalue weighted by Gasteiger charge is -2.34. The number of fused-ring (bicyclic) bond motifs is 1. The van der Waals surface area contributed by atoms with Gasteiger partial charge in [0, 0.05) is 44.3 Å². The summed E-state index contributed by atoms with van der Waals surface area (Å²) in [6.07, 6.45) is 7.96. The van der Waals surface area contributed by atoms with Gasteiger partial charge in [-0.05, 0) is 55.6 Å². The van der Waals surface area contributed by atoms with Crippen LogP contribution < -0.4 is 0 Å². The minimum absolute atomic E-state index is 0.345. The fourth-order valence-electron chi connectivity index (χ4n) is 4.43. The van der Waals surface area contributed by atoms with Crippen LogP contribution in [0.4, 0.5) is 0 Å². The predicted molar refractivity (Wildman–Crippen MR) is 103 cm³/mol. The lowest BCUT2D eigenvalue weighted by molar-refractivity contribution is -0.134. The van der Waals surface area contributed by atoms with Gasteiger partial charge in [0.25, 0.3) is 0 Å². The molecule has 0 spiro atoms. The lowest BCUT2D eigenvalue weighted by Crippen LogP contribution is -2.41. The SMILES string of the molecule is O=C(CC1CCOCC1)N1CCC[C@@H](Cc2cccc3cccnc23)C1. The lowest BCUT2D eigenvalue weighted by atomic mass is 9.89. The summed E-state index contributed by atoms with van der Waals surface area (Å²) in [5.74, 6) is 1.39. The standard InChI is InChI=1S/C22H28N2O2/c25-21(15-17-8-12-26-13-9-17)24-11-3-4-18(16-24)14-20-6-1-5-19-7-2-10-23-22(19)20/h1-2,5-7,10,17-18H,3-4,8-9,11-16H2/t18-/m0/s1. The quantitative estimate of drug-likeness (QED) is 0.840. The molecule has 0 bridgehead atoms. The molecule has 2 fully saturated rings. The second-order valence-electron chi connectivity index (χ2n) is 7.80. The average Bonchev–Trinajstić information content (AvgIpc) is 2.69. The maximum atomic E-state index is 12.7. The van der Waals surface area contributed by atoms with Crippen LogP contribution in [0.15, 0.2) is 36.5 Å². The van der Waals surface area contributed by atoms with Gasteiger partial charge in [0.15, 0.2) is 0 Å². The second-order valence-corrected chi connectivity index (χ2v) is 7.80. The van der Waals surface area contributed by atoms with Crippen LogP contribution in [0.25, 0.3) is 10.9 Å². The summed E-state index contributed by atoms with van der Waals surface area (Å²) in [4.78, 5) is 19.4. The van der Waals surface area contributed by atoms with E-state index in [0.717, 1.165) is 57.5 Å². The molecule has 1 aromatic heterocycles. The zero-order valence-electron chi connectivity index (χ0n) is 15.4. The van der Waals surface area contributed by atoms with Crippen LogP contribution in [0.1, 0.15) is 37.7 Å². The Hall–Kier alpha value is -1.94. The Labute approximate surface area is 155 Å². The second kappa shape index (κ2) is 8.17. The number of benzene rings is 1. The van der Waals surface area contributed by atoms with Crippen LogP contribution >= 0.6 is 0 Å². The van der Waals surface area contributed by atoms with E-state index in [0.29, 0.717) is 24.2 Å². The number of carbonyl (C=O) groups excluding carboxylic acids is 1. The molecule has 4 nitrogen and oxygen atoms in total. The highest BCUT2D eigenvalue weighted by molar-refractivity contribution is 5.81. The molecule has 4 heteroatoms. The molecule has 3 heterocycles. The minimum Gasteiger partial charge on any atom is -0.381 e. The summed E-state index contributed by atoms with van der Waals surface area (Å²) in [5, 5.41) is 1.20. The van der Waals surface area contributed by atoms with E-state index in [1.54, 1.807) is 0 Å². The number of pyridine rings is 1. The van der Waals surface area contributed by atoms with E-state index in [-0.39, 0.29) is 0 Å². The molecular formula is C22H28N2O2. The molecule has 4 rings (SSSR count). The van der Waals surface area contributed by atoms with E-state index in [9.17, 15) is 4.79 Å². The van der Waals surface area contributed by atoms with Gasteiger partial charge < -0.3 is 9.64 Å². The van der Waals surface area contributed by atoms with Crippen molar-refractivity contribution in [2.75, 3.05) is 26.3 Å². The number of likely N-dealkylation sites (tertiary alicyclic amines) is 1. The van der Waals surface area contributed by atoms with Gasteiger partial charge in [0.1, 0.15) is 0 Å². The van der Waals surface area contributed by atoms with Gasteiger partial charge in [0.2, 0.25) is 5.91 Å². The molecule has 0 unspecified atom stereocenters. The number of ether oxygens (including phenoxy) is 1. The van der Waals surface area contributed by atoms with E-state index in [1.807, 2.05) is 12.3 Å². The van der Waals surface area contributed by atoms with Crippen LogP contribution in [0.2, 0.25) is 0 Å². The Balaban J connectivity index is 1.39. The Morgan fingerprint density at radius 1 is 1.12 bits per heavy atom. The molecule has 1 amide bonds. The minimum atomic E-state index is 0.345. The molecule has 1 aromatic carbocycles. The van der Waals surface area contributed by atoms with Crippen LogP contribution in [0, 0.1) is 11.8 Å². The van der Waals surface area contributed by atoms with E-state index < -0.39 is 0 Å². The van der Waals surface area contributed by atoms with Crippen molar-refractivity contribution in [2.45, 2.75) is 38.5 Å². The highest BCUT2D eigenvalue weighted by Crippen LogP contribution is 2.26. The number of hydrogen-bond donors (Lipinski definition) is 0. The Morgan fingerprint density at radius 3 is 2.85 bits per heavy atom. The summed E-state index contributed by atoms with van der Waals surface area (Å²) in [6, 6.07) is 10.5. The third-order valence-electron chi connectivity index (χ3n) is 5.90. The van der Waals surface area contributed by atoms with Gasteiger partial charge in [-0.25, -0.2) is 0 Å². The summed E-state index contributed by atoms with van der Waals surface area (Å²) in [6.45, 7) is 3.45. The first-order chi connectivity index (χ1) is 12.8. The van der Waals surface area contributed by atoms with Crippen molar-refractivity contribution in [3.05, 3.63) is 42.1 Å². The number of hydrogen-bond acceptors (Lipinski definition) is 3. The van der Waals surface area contributed by atoms with Crippen molar-refractivity contribution < 1.29 is 9.53 Å². The number of para-hydroxylation sites is 1. The third kappa shape index (κ3) is 4.07. The normalized spacial score (nSPS) is 21.8. The van der Waals surface area contributed by atoms with Crippen molar-refractivity contribution in [2.24, 2.45) is 11.8 Å². The van der Waals surface area contributed by atoms with Gasteiger partial charge in [0.05, 0.1) is 5.52 Å². The Bertz CT molecular complexity index is 749. The average molecular weight is 352 g/mol. The molecule has 0 N–H and O–H groups in total. The van der Waals surface area contributed by atoms with Crippen molar-refractivity contribution >= 4 is 16.8 Å². The molecule has 138 valence electrons. The summed E-state index contributed by atoms with van der Waals surface area (Å²) < 4.78 is 5.41. The molecule has 0 aliphatic carbocycles. The van der Waals surface area contributed by atoms with Gasteiger partial charge in [-0.15, -0.1) is 0 Å². The van der Waals surface area contributed by atoms with Crippen molar-refractivity contribution in [3.8, 4) is 0 Å². The fourth-order valence-corrected chi connectivity index (χ4v) is 4.43. The summed E-state index contributed by atoms with van der Waals surface area (Å²) >= 11 is 0. The number of rotatable bonds is 4.